The number of rotatable bonds is 4. The van der Waals surface area contributed by atoms with Crippen molar-refractivity contribution in [3.63, 3.8) is 0 Å². The van der Waals surface area contributed by atoms with Gasteiger partial charge in [0.25, 0.3) is 0 Å². The molecule has 0 aromatic carbocycles. The normalized spacial score (nSPS) is 16.2. The Hall–Kier alpha value is -1.43. The van der Waals surface area contributed by atoms with Gasteiger partial charge in [0.1, 0.15) is 5.82 Å². The molecule has 0 bridgehead atoms. The van der Waals surface area contributed by atoms with Gasteiger partial charge in [-0.15, -0.1) is 0 Å². The summed E-state index contributed by atoms with van der Waals surface area (Å²) in [6.07, 6.45) is 4.34. The molecule has 1 aromatic rings. The quantitative estimate of drug-likeness (QED) is 0.827. The standard InChI is InChI=1S/C11H19N5O/c1-17-8-5-9-13-10(12)15-11(14-9)16-6-3-2-4-7-16/h2-8H2,1H3,(H2,12,13,14,15). The average molecular weight is 237 g/mol. The number of anilines is 2. The highest BCUT2D eigenvalue weighted by Gasteiger charge is 2.15. The Morgan fingerprint density at radius 2 is 1.94 bits per heavy atom. The molecule has 1 saturated heterocycles. The van der Waals surface area contributed by atoms with Gasteiger partial charge in [0.15, 0.2) is 0 Å². The van der Waals surface area contributed by atoms with Gasteiger partial charge in [-0.1, -0.05) is 0 Å². The summed E-state index contributed by atoms with van der Waals surface area (Å²) in [6, 6.07) is 0. The number of nitrogens with two attached hydrogens (primary N) is 1. The molecular formula is C11H19N5O. The van der Waals surface area contributed by atoms with Gasteiger partial charge in [0, 0.05) is 26.6 Å². The third-order valence-electron chi connectivity index (χ3n) is 2.86. The molecule has 0 spiro atoms. The lowest BCUT2D eigenvalue weighted by atomic mass is 10.1. The summed E-state index contributed by atoms with van der Waals surface area (Å²) in [4.78, 5) is 14.9. The topological polar surface area (TPSA) is 77.2 Å². The highest BCUT2D eigenvalue weighted by atomic mass is 16.5. The first-order chi connectivity index (χ1) is 8.29. The van der Waals surface area contributed by atoms with Crippen LogP contribution in [0.2, 0.25) is 0 Å². The molecule has 6 nitrogen and oxygen atoms in total. The highest BCUT2D eigenvalue weighted by molar-refractivity contribution is 5.35. The van der Waals surface area contributed by atoms with Crippen molar-refractivity contribution in [1.29, 1.82) is 0 Å². The molecule has 6 heteroatoms. The second-order valence-electron chi connectivity index (χ2n) is 4.20. The first-order valence-electron chi connectivity index (χ1n) is 6.04. The Kier molecular flexibility index (Phi) is 4.08. The molecule has 0 saturated carbocycles. The summed E-state index contributed by atoms with van der Waals surface area (Å²) in [7, 11) is 1.66. The fourth-order valence-corrected chi connectivity index (χ4v) is 1.97. The molecule has 0 unspecified atom stereocenters. The monoisotopic (exact) mass is 237 g/mol. The molecule has 0 atom stereocenters. The maximum atomic E-state index is 5.71. The lowest BCUT2D eigenvalue weighted by Crippen LogP contribution is -2.31. The number of nitrogens with zero attached hydrogens (tertiary/aromatic N) is 4. The average Bonchev–Trinajstić information content (AvgIpc) is 2.37. The molecule has 94 valence electrons. The van der Waals surface area contributed by atoms with Crippen molar-refractivity contribution >= 4 is 11.9 Å². The van der Waals surface area contributed by atoms with Gasteiger partial charge >= 0.3 is 0 Å². The number of hydrogen-bond donors (Lipinski definition) is 1. The SMILES string of the molecule is COCCc1nc(N)nc(N2CCCCC2)n1. The van der Waals surface area contributed by atoms with E-state index in [1.807, 2.05) is 0 Å². The van der Waals surface area contributed by atoms with E-state index in [2.05, 4.69) is 19.9 Å². The molecular weight excluding hydrogens is 218 g/mol. The van der Waals surface area contributed by atoms with Crippen LogP contribution >= 0.6 is 0 Å². The van der Waals surface area contributed by atoms with Crippen LogP contribution in [0.25, 0.3) is 0 Å². The summed E-state index contributed by atoms with van der Waals surface area (Å²) in [5.41, 5.74) is 5.71. The van der Waals surface area contributed by atoms with Crippen molar-refractivity contribution in [3.8, 4) is 0 Å². The third-order valence-corrected chi connectivity index (χ3v) is 2.86. The zero-order valence-corrected chi connectivity index (χ0v) is 10.2. The molecule has 2 rings (SSSR count). The lowest BCUT2D eigenvalue weighted by Gasteiger charge is -2.26. The van der Waals surface area contributed by atoms with Crippen molar-refractivity contribution in [1.82, 2.24) is 15.0 Å². The second-order valence-corrected chi connectivity index (χ2v) is 4.20. The lowest BCUT2D eigenvalue weighted by molar-refractivity contribution is 0.200. The van der Waals surface area contributed by atoms with E-state index in [0.29, 0.717) is 30.7 Å². The summed E-state index contributed by atoms with van der Waals surface area (Å²) in [5.74, 6) is 1.72. The van der Waals surface area contributed by atoms with Gasteiger partial charge in [0.05, 0.1) is 6.61 Å². The van der Waals surface area contributed by atoms with E-state index in [1.54, 1.807) is 7.11 Å². The number of piperidine rings is 1. The van der Waals surface area contributed by atoms with Crippen LogP contribution in [0.1, 0.15) is 25.1 Å². The van der Waals surface area contributed by atoms with E-state index < -0.39 is 0 Å². The summed E-state index contributed by atoms with van der Waals surface area (Å²) in [6.45, 7) is 2.61. The van der Waals surface area contributed by atoms with Gasteiger partial charge in [-0.3, -0.25) is 0 Å². The highest BCUT2D eigenvalue weighted by Crippen LogP contribution is 2.16. The van der Waals surface area contributed by atoms with Gasteiger partial charge in [0.2, 0.25) is 11.9 Å². The molecule has 1 aliphatic heterocycles. The van der Waals surface area contributed by atoms with Gasteiger partial charge < -0.3 is 15.4 Å². The van der Waals surface area contributed by atoms with Crippen molar-refractivity contribution in [2.24, 2.45) is 0 Å². The van der Waals surface area contributed by atoms with Crippen LogP contribution < -0.4 is 10.6 Å². The molecule has 1 aromatic heterocycles. The Bertz CT molecular complexity index is 365. The van der Waals surface area contributed by atoms with E-state index in [4.69, 9.17) is 10.5 Å². The molecule has 1 fully saturated rings. The largest absolute Gasteiger partial charge is 0.384 e. The zero-order valence-electron chi connectivity index (χ0n) is 10.2. The fourth-order valence-electron chi connectivity index (χ4n) is 1.97. The summed E-state index contributed by atoms with van der Waals surface area (Å²) < 4.78 is 5.02. The van der Waals surface area contributed by atoms with E-state index >= 15 is 0 Å². The number of methoxy groups -OCH3 is 1. The minimum atomic E-state index is 0.298. The maximum absolute atomic E-state index is 5.71. The van der Waals surface area contributed by atoms with E-state index in [1.165, 1.54) is 19.3 Å². The van der Waals surface area contributed by atoms with Crippen molar-refractivity contribution in [2.75, 3.05) is 37.4 Å². The van der Waals surface area contributed by atoms with Crippen LogP contribution in [0.5, 0.6) is 0 Å². The minimum absolute atomic E-state index is 0.298. The Balaban J connectivity index is 2.12. The van der Waals surface area contributed by atoms with E-state index in [9.17, 15) is 0 Å². The predicted molar refractivity (Wildman–Crippen MR) is 65.9 cm³/mol. The zero-order chi connectivity index (χ0) is 12.1. The van der Waals surface area contributed by atoms with Crippen molar-refractivity contribution in [3.05, 3.63) is 5.82 Å². The smallest absolute Gasteiger partial charge is 0.230 e. The van der Waals surface area contributed by atoms with Crippen molar-refractivity contribution < 1.29 is 4.74 Å². The van der Waals surface area contributed by atoms with Crippen LogP contribution in [0, 0.1) is 0 Å². The first kappa shape index (κ1) is 12.0. The third kappa shape index (κ3) is 3.26. The predicted octanol–water partition coefficient (Wildman–Crippen LogP) is 0.633. The van der Waals surface area contributed by atoms with Crippen LogP contribution in [0.3, 0.4) is 0 Å². The number of aromatic nitrogens is 3. The van der Waals surface area contributed by atoms with Gasteiger partial charge in [-0.05, 0) is 19.3 Å². The first-order valence-corrected chi connectivity index (χ1v) is 6.04. The Morgan fingerprint density at radius 1 is 1.18 bits per heavy atom. The van der Waals surface area contributed by atoms with Crippen molar-refractivity contribution in [2.45, 2.75) is 25.7 Å². The summed E-state index contributed by atoms with van der Waals surface area (Å²) >= 11 is 0. The van der Waals surface area contributed by atoms with Crippen LogP contribution in [-0.2, 0) is 11.2 Å². The fraction of sp³-hybridized carbons (Fsp3) is 0.727. The molecule has 17 heavy (non-hydrogen) atoms. The summed E-state index contributed by atoms with van der Waals surface area (Å²) in [5, 5.41) is 0. The molecule has 2 N–H and O–H groups in total. The number of nitrogen functional groups attached to an aromatic ring is 1. The van der Waals surface area contributed by atoms with Crippen LogP contribution in [0.4, 0.5) is 11.9 Å². The molecule has 2 heterocycles. The second kappa shape index (κ2) is 5.77. The maximum Gasteiger partial charge on any atom is 0.230 e. The number of hydrogen-bond acceptors (Lipinski definition) is 6. The molecule has 0 aliphatic carbocycles. The Morgan fingerprint density at radius 3 is 2.65 bits per heavy atom. The van der Waals surface area contributed by atoms with Gasteiger partial charge in [-0.25, -0.2) is 0 Å². The van der Waals surface area contributed by atoms with Crippen LogP contribution in [-0.4, -0.2) is 41.8 Å². The van der Waals surface area contributed by atoms with Crippen LogP contribution in [0.15, 0.2) is 0 Å². The molecule has 0 radical (unpaired) electrons. The molecule has 1 aliphatic rings. The van der Waals surface area contributed by atoms with E-state index in [0.717, 1.165) is 13.1 Å². The Labute approximate surface area is 101 Å². The number of ether oxygens (including phenoxy) is 1. The minimum Gasteiger partial charge on any atom is -0.384 e. The molecule has 0 amide bonds. The van der Waals surface area contributed by atoms with Gasteiger partial charge in [-0.2, -0.15) is 15.0 Å². The van der Waals surface area contributed by atoms with E-state index in [-0.39, 0.29) is 0 Å².